The van der Waals surface area contributed by atoms with Crippen LogP contribution in [-0.4, -0.2) is 14.8 Å². The number of hydrogen-bond acceptors (Lipinski definition) is 4. The van der Waals surface area contributed by atoms with E-state index in [4.69, 9.17) is 11.5 Å². The summed E-state index contributed by atoms with van der Waals surface area (Å²) in [6.07, 6.45) is 3.25. The second-order valence-corrected chi connectivity index (χ2v) is 2.82. The SMILES string of the molecule is CCn1ncc2c(N)c(N)cnc21. The lowest BCUT2D eigenvalue weighted by Gasteiger charge is -2.01. The van der Waals surface area contributed by atoms with E-state index >= 15 is 0 Å². The Bertz CT molecular complexity index is 445. The summed E-state index contributed by atoms with van der Waals surface area (Å²) in [6.45, 7) is 2.78. The van der Waals surface area contributed by atoms with Gasteiger partial charge in [-0.25, -0.2) is 9.67 Å². The van der Waals surface area contributed by atoms with Gasteiger partial charge >= 0.3 is 0 Å². The highest BCUT2D eigenvalue weighted by atomic mass is 15.3. The van der Waals surface area contributed by atoms with Gasteiger partial charge in [-0.2, -0.15) is 5.10 Å². The number of hydrogen-bond donors (Lipinski definition) is 2. The fraction of sp³-hybridized carbons (Fsp3) is 0.250. The lowest BCUT2D eigenvalue weighted by molar-refractivity contribution is 0.677. The van der Waals surface area contributed by atoms with Crippen LogP contribution in [0.2, 0.25) is 0 Å². The molecule has 0 unspecified atom stereocenters. The van der Waals surface area contributed by atoms with Crippen molar-refractivity contribution in [3.05, 3.63) is 12.4 Å². The Morgan fingerprint density at radius 2 is 2.15 bits per heavy atom. The first-order chi connectivity index (χ1) is 6.24. The molecule has 2 aromatic heterocycles. The second-order valence-electron chi connectivity index (χ2n) is 2.82. The molecule has 4 N–H and O–H groups in total. The van der Waals surface area contributed by atoms with E-state index in [9.17, 15) is 0 Å². The molecule has 0 bridgehead atoms. The van der Waals surface area contributed by atoms with E-state index in [1.165, 1.54) is 0 Å². The maximum atomic E-state index is 5.77. The van der Waals surface area contributed by atoms with Gasteiger partial charge in [0.2, 0.25) is 0 Å². The maximum Gasteiger partial charge on any atom is 0.159 e. The molecule has 5 heteroatoms. The van der Waals surface area contributed by atoms with E-state index in [0.717, 1.165) is 17.6 Å². The van der Waals surface area contributed by atoms with Crippen LogP contribution in [0.1, 0.15) is 6.92 Å². The van der Waals surface area contributed by atoms with Crippen LogP contribution in [0.5, 0.6) is 0 Å². The highest BCUT2D eigenvalue weighted by molar-refractivity contribution is 5.93. The van der Waals surface area contributed by atoms with Crippen molar-refractivity contribution in [2.24, 2.45) is 0 Å². The Morgan fingerprint density at radius 1 is 1.38 bits per heavy atom. The summed E-state index contributed by atoms with van der Waals surface area (Å²) in [5.74, 6) is 0. The Labute approximate surface area is 75.3 Å². The smallest absolute Gasteiger partial charge is 0.159 e. The lowest BCUT2D eigenvalue weighted by atomic mass is 10.3. The first-order valence-corrected chi connectivity index (χ1v) is 4.09. The topological polar surface area (TPSA) is 82.8 Å². The number of aryl methyl sites for hydroxylation is 1. The van der Waals surface area contributed by atoms with E-state index in [2.05, 4.69) is 10.1 Å². The molecule has 2 heterocycles. The predicted octanol–water partition coefficient (Wildman–Crippen LogP) is 0.616. The Kier molecular flexibility index (Phi) is 1.58. The highest BCUT2D eigenvalue weighted by Crippen LogP contribution is 2.23. The van der Waals surface area contributed by atoms with Crippen molar-refractivity contribution in [2.75, 3.05) is 11.5 Å². The second kappa shape index (κ2) is 2.62. The fourth-order valence-corrected chi connectivity index (χ4v) is 1.29. The molecule has 0 saturated carbocycles. The zero-order chi connectivity index (χ0) is 9.42. The minimum absolute atomic E-state index is 0.503. The molecule has 0 atom stereocenters. The average molecular weight is 177 g/mol. The molecule has 0 spiro atoms. The molecule has 0 radical (unpaired) electrons. The minimum atomic E-state index is 0.503. The summed E-state index contributed by atoms with van der Waals surface area (Å²) < 4.78 is 1.78. The summed E-state index contributed by atoms with van der Waals surface area (Å²) in [5, 5.41) is 4.96. The van der Waals surface area contributed by atoms with Gasteiger partial charge in [0, 0.05) is 6.54 Å². The van der Waals surface area contributed by atoms with Crippen molar-refractivity contribution in [1.29, 1.82) is 0 Å². The van der Waals surface area contributed by atoms with Gasteiger partial charge in [-0.15, -0.1) is 0 Å². The summed E-state index contributed by atoms with van der Waals surface area (Å²) in [4.78, 5) is 4.17. The number of rotatable bonds is 1. The van der Waals surface area contributed by atoms with Crippen LogP contribution in [0.4, 0.5) is 11.4 Å². The standard InChI is InChI=1S/C8H11N5/c1-2-13-8-5(3-12-13)7(10)6(9)4-11-8/h3-4H,2,9H2,1H3,(H2,10,11). The molecule has 68 valence electrons. The summed E-state index contributed by atoms with van der Waals surface area (Å²) in [7, 11) is 0. The van der Waals surface area contributed by atoms with Crippen molar-refractivity contribution in [3.8, 4) is 0 Å². The van der Waals surface area contributed by atoms with Crippen molar-refractivity contribution in [3.63, 3.8) is 0 Å². The third-order valence-electron chi connectivity index (χ3n) is 2.04. The molecule has 0 fully saturated rings. The van der Waals surface area contributed by atoms with Crippen LogP contribution in [0.15, 0.2) is 12.4 Å². The normalized spacial score (nSPS) is 10.8. The summed E-state index contributed by atoms with van der Waals surface area (Å²) >= 11 is 0. The van der Waals surface area contributed by atoms with Crippen LogP contribution >= 0.6 is 0 Å². The van der Waals surface area contributed by atoms with Gasteiger partial charge in [-0.1, -0.05) is 0 Å². The molecule has 2 rings (SSSR count). The van der Waals surface area contributed by atoms with E-state index in [1.807, 2.05) is 6.92 Å². The Morgan fingerprint density at radius 3 is 2.85 bits per heavy atom. The molecule has 0 aliphatic carbocycles. The zero-order valence-electron chi connectivity index (χ0n) is 7.36. The van der Waals surface area contributed by atoms with Crippen LogP contribution < -0.4 is 11.5 Å². The van der Waals surface area contributed by atoms with Gasteiger partial charge in [-0.05, 0) is 6.92 Å². The van der Waals surface area contributed by atoms with Gasteiger partial charge in [0.05, 0.1) is 29.2 Å². The van der Waals surface area contributed by atoms with Crippen LogP contribution in [0, 0.1) is 0 Å². The van der Waals surface area contributed by atoms with Crippen molar-refractivity contribution < 1.29 is 0 Å². The van der Waals surface area contributed by atoms with Gasteiger partial charge in [0.15, 0.2) is 5.65 Å². The number of nitrogens with two attached hydrogens (primary N) is 2. The third kappa shape index (κ3) is 1.00. The van der Waals surface area contributed by atoms with Crippen LogP contribution in [-0.2, 0) is 6.54 Å². The molecule has 0 aliphatic heterocycles. The van der Waals surface area contributed by atoms with Crippen LogP contribution in [0.25, 0.3) is 11.0 Å². The average Bonchev–Trinajstić information content (AvgIpc) is 2.55. The third-order valence-corrected chi connectivity index (χ3v) is 2.04. The largest absolute Gasteiger partial charge is 0.396 e. The van der Waals surface area contributed by atoms with E-state index in [-0.39, 0.29) is 0 Å². The van der Waals surface area contributed by atoms with Crippen molar-refractivity contribution in [2.45, 2.75) is 13.5 Å². The zero-order valence-corrected chi connectivity index (χ0v) is 7.36. The molecular weight excluding hydrogens is 166 g/mol. The van der Waals surface area contributed by atoms with Gasteiger partial charge in [-0.3, -0.25) is 0 Å². The van der Waals surface area contributed by atoms with Gasteiger partial charge in [0.1, 0.15) is 0 Å². The predicted molar refractivity (Wildman–Crippen MR) is 52.0 cm³/mol. The molecule has 0 aromatic carbocycles. The molecule has 0 amide bonds. The van der Waals surface area contributed by atoms with Gasteiger partial charge in [0.25, 0.3) is 0 Å². The molecular formula is C8H11N5. The number of fused-ring (bicyclic) bond motifs is 1. The number of nitrogens with zero attached hydrogens (tertiary/aromatic N) is 3. The number of nitrogen functional groups attached to an aromatic ring is 2. The number of aromatic nitrogens is 3. The van der Waals surface area contributed by atoms with Crippen molar-refractivity contribution in [1.82, 2.24) is 14.8 Å². The Balaban J connectivity index is 2.81. The first kappa shape index (κ1) is 7.85. The Hall–Kier alpha value is -1.78. The summed E-state index contributed by atoms with van der Waals surface area (Å²) in [6, 6.07) is 0. The molecule has 13 heavy (non-hydrogen) atoms. The van der Waals surface area contributed by atoms with E-state index < -0.39 is 0 Å². The number of pyridine rings is 1. The van der Waals surface area contributed by atoms with Gasteiger partial charge < -0.3 is 11.5 Å². The minimum Gasteiger partial charge on any atom is -0.396 e. The first-order valence-electron chi connectivity index (χ1n) is 4.09. The van der Waals surface area contributed by atoms with Crippen LogP contribution in [0.3, 0.4) is 0 Å². The van der Waals surface area contributed by atoms with E-state index in [1.54, 1.807) is 17.1 Å². The molecule has 5 nitrogen and oxygen atoms in total. The molecule has 0 aliphatic rings. The summed E-state index contributed by atoms with van der Waals surface area (Å²) in [5.41, 5.74) is 13.2. The van der Waals surface area contributed by atoms with E-state index in [0.29, 0.717) is 11.4 Å². The monoisotopic (exact) mass is 177 g/mol. The number of anilines is 2. The van der Waals surface area contributed by atoms with Crippen molar-refractivity contribution >= 4 is 22.4 Å². The molecule has 2 aromatic rings. The fourth-order valence-electron chi connectivity index (χ4n) is 1.29. The lowest BCUT2D eigenvalue weighted by Crippen LogP contribution is -2.00. The quantitative estimate of drug-likeness (QED) is 0.668. The highest BCUT2D eigenvalue weighted by Gasteiger charge is 2.07. The maximum absolute atomic E-state index is 5.77. The molecule has 0 saturated heterocycles.